The second-order valence-electron chi connectivity index (χ2n) is 4.43. The van der Waals surface area contributed by atoms with E-state index in [1.807, 2.05) is 37.3 Å². The van der Waals surface area contributed by atoms with Crippen molar-refractivity contribution in [2.45, 2.75) is 19.4 Å². The molecular formula is C15H20O3. The molecule has 0 radical (unpaired) electrons. The van der Waals surface area contributed by atoms with E-state index in [2.05, 4.69) is 6.58 Å². The average molecular weight is 248 g/mol. The lowest BCUT2D eigenvalue weighted by Crippen LogP contribution is -2.36. The van der Waals surface area contributed by atoms with E-state index in [-0.39, 0.29) is 12.1 Å². The van der Waals surface area contributed by atoms with Gasteiger partial charge in [0.05, 0.1) is 18.6 Å². The first-order valence-electron chi connectivity index (χ1n) is 5.87. The van der Waals surface area contributed by atoms with Crippen LogP contribution in [0.3, 0.4) is 0 Å². The summed E-state index contributed by atoms with van der Waals surface area (Å²) in [5.74, 6) is -0.293. The lowest BCUT2D eigenvalue weighted by atomic mass is 9.77. The summed E-state index contributed by atoms with van der Waals surface area (Å²) in [5, 5.41) is 0. The Hall–Kier alpha value is -1.61. The van der Waals surface area contributed by atoms with E-state index >= 15 is 0 Å². The van der Waals surface area contributed by atoms with E-state index in [9.17, 15) is 4.79 Å². The van der Waals surface area contributed by atoms with Gasteiger partial charge in [-0.1, -0.05) is 36.4 Å². The number of carbonyl (C=O) groups excluding carboxylic acids is 1. The van der Waals surface area contributed by atoms with Crippen LogP contribution in [0.1, 0.15) is 25.0 Å². The molecule has 0 amide bonds. The summed E-state index contributed by atoms with van der Waals surface area (Å²) in [4.78, 5) is 12.0. The van der Waals surface area contributed by atoms with Crippen molar-refractivity contribution in [2.75, 3.05) is 14.2 Å². The lowest BCUT2D eigenvalue weighted by molar-refractivity contribution is -0.160. The minimum Gasteiger partial charge on any atom is -0.469 e. The minimum atomic E-state index is -0.771. The van der Waals surface area contributed by atoms with Gasteiger partial charge in [-0.2, -0.15) is 0 Å². The van der Waals surface area contributed by atoms with Gasteiger partial charge in [0.25, 0.3) is 0 Å². The van der Waals surface area contributed by atoms with Crippen LogP contribution in [0.4, 0.5) is 0 Å². The molecule has 0 fully saturated rings. The molecule has 0 saturated heterocycles. The van der Waals surface area contributed by atoms with Gasteiger partial charge in [0.1, 0.15) is 0 Å². The van der Waals surface area contributed by atoms with Gasteiger partial charge < -0.3 is 9.47 Å². The van der Waals surface area contributed by atoms with Crippen molar-refractivity contribution in [1.82, 2.24) is 0 Å². The standard InChI is InChI=1S/C15H20O3/c1-5-11-15(2,14(16)18-4)13(17-3)12-9-7-6-8-10-12/h5-10,13H,1,11H2,2-4H3/t13-,15+/m0/s1. The number of rotatable bonds is 6. The maximum Gasteiger partial charge on any atom is 0.314 e. The average Bonchev–Trinajstić information content (AvgIpc) is 2.40. The molecule has 0 aliphatic rings. The Morgan fingerprint density at radius 3 is 2.44 bits per heavy atom. The van der Waals surface area contributed by atoms with Gasteiger partial charge in [-0.05, 0) is 18.9 Å². The zero-order valence-corrected chi connectivity index (χ0v) is 11.2. The molecule has 0 spiro atoms. The van der Waals surface area contributed by atoms with Crippen molar-refractivity contribution >= 4 is 5.97 Å². The van der Waals surface area contributed by atoms with Gasteiger partial charge in [-0.25, -0.2) is 0 Å². The van der Waals surface area contributed by atoms with Crippen LogP contribution in [0.25, 0.3) is 0 Å². The second kappa shape index (κ2) is 6.36. The second-order valence-corrected chi connectivity index (χ2v) is 4.43. The van der Waals surface area contributed by atoms with Gasteiger partial charge in [0.15, 0.2) is 0 Å². The van der Waals surface area contributed by atoms with Gasteiger partial charge in [-0.15, -0.1) is 6.58 Å². The fourth-order valence-corrected chi connectivity index (χ4v) is 2.22. The predicted molar refractivity (Wildman–Crippen MR) is 71.1 cm³/mol. The van der Waals surface area contributed by atoms with Crippen LogP contribution in [0, 0.1) is 5.41 Å². The molecule has 0 aromatic heterocycles. The monoisotopic (exact) mass is 248 g/mol. The number of carbonyl (C=O) groups is 1. The molecule has 0 aliphatic carbocycles. The summed E-state index contributed by atoms with van der Waals surface area (Å²) in [6.07, 6.45) is 1.85. The van der Waals surface area contributed by atoms with E-state index in [1.165, 1.54) is 7.11 Å². The topological polar surface area (TPSA) is 35.5 Å². The smallest absolute Gasteiger partial charge is 0.314 e. The summed E-state index contributed by atoms with van der Waals surface area (Å²) in [7, 11) is 2.99. The van der Waals surface area contributed by atoms with Crippen molar-refractivity contribution in [3.8, 4) is 0 Å². The van der Waals surface area contributed by atoms with Crippen LogP contribution in [0.2, 0.25) is 0 Å². The van der Waals surface area contributed by atoms with E-state index in [0.29, 0.717) is 6.42 Å². The molecular weight excluding hydrogens is 228 g/mol. The van der Waals surface area contributed by atoms with E-state index in [4.69, 9.17) is 9.47 Å². The summed E-state index contributed by atoms with van der Waals surface area (Å²) >= 11 is 0. The molecule has 1 aromatic rings. The van der Waals surface area contributed by atoms with E-state index < -0.39 is 5.41 Å². The normalized spacial score (nSPS) is 15.5. The Kier molecular flexibility index (Phi) is 5.10. The Morgan fingerprint density at radius 1 is 1.39 bits per heavy atom. The first-order valence-corrected chi connectivity index (χ1v) is 5.87. The molecule has 0 N–H and O–H groups in total. The lowest BCUT2D eigenvalue weighted by Gasteiger charge is -2.33. The van der Waals surface area contributed by atoms with Gasteiger partial charge in [0.2, 0.25) is 0 Å². The molecule has 0 bridgehead atoms. The number of esters is 1. The number of hydrogen-bond donors (Lipinski definition) is 0. The van der Waals surface area contributed by atoms with Crippen LogP contribution in [-0.4, -0.2) is 20.2 Å². The van der Waals surface area contributed by atoms with Crippen LogP contribution < -0.4 is 0 Å². The first-order chi connectivity index (χ1) is 8.60. The summed E-state index contributed by atoms with van der Waals surface area (Å²) in [6.45, 7) is 5.54. The van der Waals surface area contributed by atoms with E-state index in [0.717, 1.165) is 5.56 Å². The van der Waals surface area contributed by atoms with Crippen LogP contribution >= 0.6 is 0 Å². The Morgan fingerprint density at radius 2 is 2.00 bits per heavy atom. The van der Waals surface area contributed by atoms with Gasteiger partial charge in [0, 0.05) is 7.11 Å². The molecule has 3 nitrogen and oxygen atoms in total. The zero-order chi connectivity index (χ0) is 13.6. The van der Waals surface area contributed by atoms with Crippen molar-refractivity contribution < 1.29 is 14.3 Å². The number of ether oxygens (including phenoxy) is 2. The molecule has 1 rings (SSSR count). The molecule has 98 valence electrons. The SMILES string of the molecule is C=CC[C@@](C)(C(=O)OC)[C@@H](OC)c1ccccc1. The highest BCUT2D eigenvalue weighted by Gasteiger charge is 2.42. The molecule has 0 saturated carbocycles. The highest BCUT2D eigenvalue weighted by Crippen LogP contribution is 2.40. The Labute approximate surface area is 108 Å². The Balaban J connectivity index is 3.17. The quantitative estimate of drug-likeness (QED) is 0.573. The number of methoxy groups -OCH3 is 2. The Bertz CT molecular complexity index is 399. The number of allylic oxidation sites excluding steroid dienone is 1. The first kappa shape index (κ1) is 14.5. The van der Waals surface area contributed by atoms with Crippen LogP contribution in [-0.2, 0) is 14.3 Å². The molecule has 3 heteroatoms. The summed E-state index contributed by atoms with van der Waals surface area (Å²) in [5.41, 5.74) is 0.182. The molecule has 0 aliphatic heterocycles. The third-order valence-electron chi connectivity index (χ3n) is 3.14. The van der Waals surface area contributed by atoms with Gasteiger partial charge in [-0.3, -0.25) is 4.79 Å². The van der Waals surface area contributed by atoms with Crippen molar-refractivity contribution in [3.05, 3.63) is 48.6 Å². The third-order valence-corrected chi connectivity index (χ3v) is 3.14. The highest BCUT2D eigenvalue weighted by atomic mass is 16.5. The molecule has 0 heterocycles. The third kappa shape index (κ3) is 2.79. The maximum atomic E-state index is 12.0. The molecule has 0 unspecified atom stereocenters. The summed E-state index contributed by atoms with van der Waals surface area (Å²) < 4.78 is 10.4. The van der Waals surface area contributed by atoms with E-state index in [1.54, 1.807) is 13.2 Å². The molecule has 1 aromatic carbocycles. The van der Waals surface area contributed by atoms with Crippen LogP contribution in [0.15, 0.2) is 43.0 Å². The highest BCUT2D eigenvalue weighted by molar-refractivity contribution is 5.77. The van der Waals surface area contributed by atoms with Gasteiger partial charge >= 0.3 is 5.97 Å². The fourth-order valence-electron chi connectivity index (χ4n) is 2.22. The zero-order valence-electron chi connectivity index (χ0n) is 11.2. The number of hydrogen-bond acceptors (Lipinski definition) is 3. The van der Waals surface area contributed by atoms with Crippen molar-refractivity contribution in [2.24, 2.45) is 5.41 Å². The maximum absolute atomic E-state index is 12.0. The predicted octanol–water partition coefficient (Wildman–Crippen LogP) is 3.13. The minimum absolute atomic E-state index is 0.293. The van der Waals surface area contributed by atoms with Crippen molar-refractivity contribution in [1.29, 1.82) is 0 Å². The molecule has 2 atom stereocenters. The molecule has 18 heavy (non-hydrogen) atoms. The number of benzene rings is 1. The summed E-state index contributed by atoms with van der Waals surface area (Å²) in [6, 6.07) is 9.66. The fraction of sp³-hybridized carbons (Fsp3) is 0.400. The van der Waals surface area contributed by atoms with Crippen LogP contribution in [0.5, 0.6) is 0 Å². The largest absolute Gasteiger partial charge is 0.469 e. The van der Waals surface area contributed by atoms with Crippen molar-refractivity contribution in [3.63, 3.8) is 0 Å².